The van der Waals surface area contributed by atoms with Crippen molar-refractivity contribution in [1.82, 2.24) is 15.0 Å². The van der Waals surface area contributed by atoms with E-state index in [9.17, 15) is 0 Å². The number of hydrogen-bond acceptors (Lipinski definition) is 5. The lowest BCUT2D eigenvalue weighted by molar-refractivity contribution is 0.669. The highest BCUT2D eigenvalue weighted by Gasteiger charge is 2.47. The highest BCUT2D eigenvalue weighted by molar-refractivity contribution is 7.26. The predicted molar refractivity (Wildman–Crippen MR) is 234 cm³/mol. The normalized spacial score (nSPS) is 13.1. The zero-order valence-corrected chi connectivity index (χ0v) is 31.4. The summed E-state index contributed by atoms with van der Waals surface area (Å²) in [6.07, 6.45) is 0. The van der Waals surface area contributed by atoms with Gasteiger partial charge in [-0.2, -0.15) is 0 Å². The molecule has 3 aromatic heterocycles. The van der Waals surface area contributed by atoms with Crippen LogP contribution in [0.4, 0.5) is 0 Å². The molecule has 1 aliphatic rings. The van der Waals surface area contributed by atoms with E-state index in [-0.39, 0.29) is 0 Å². The number of benzene rings is 8. The number of nitrogens with zero attached hydrogens (tertiary/aromatic N) is 3. The van der Waals surface area contributed by atoms with Crippen LogP contribution in [0.15, 0.2) is 192 Å². The first-order valence-corrected chi connectivity index (χ1v) is 20.0. The molecular weight excluding hydrogens is 715 g/mol. The summed E-state index contributed by atoms with van der Waals surface area (Å²) in [7, 11) is 0. The van der Waals surface area contributed by atoms with E-state index >= 15 is 0 Å². The van der Waals surface area contributed by atoms with Gasteiger partial charge in [0.1, 0.15) is 11.2 Å². The Kier molecular flexibility index (Phi) is 6.98. The molecule has 1 aliphatic carbocycles. The molecule has 12 rings (SSSR count). The van der Waals surface area contributed by atoms with Crippen LogP contribution < -0.4 is 0 Å². The average Bonchev–Trinajstić information content (AvgIpc) is 3.95. The van der Waals surface area contributed by atoms with E-state index in [0.717, 1.165) is 48.9 Å². The Labute approximate surface area is 332 Å². The van der Waals surface area contributed by atoms with Crippen LogP contribution in [0.25, 0.3) is 87.4 Å². The van der Waals surface area contributed by atoms with E-state index in [1.807, 2.05) is 18.2 Å². The van der Waals surface area contributed by atoms with E-state index in [2.05, 4.69) is 170 Å². The SMILES string of the molecule is c1ccc(C2(c3ccccc3)c3ccccc3-c3c(-c4nc(-c5ccc6c(c5)oc5ccccc56)nc(-c5cccc6c5sc5ccccc56)n4)cccc32)cc1. The molecule has 4 nitrogen and oxygen atoms in total. The van der Waals surface area contributed by atoms with Crippen molar-refractivity contribution in [1.29, 1.82) is 0 Å². The molecule has 57 heavy (non-hydrogen) atoms. The second-order valence-corrected chi connectivity index (χ2v) is 15.7. The van der Waals surface area contributed by atoms with E-state index in [0.29, 0.717) is 17.5 Å². The van der Waals surface area contributed by atoms with Crippen LogP contribution in [0.1, 0.15) is 22.3 Å². The summed E-state index contributed by atoms with van der Waals surface area (Å²) < 4.78 is 8.77. The van der Waals surface area contributed by atoms with Gasteiger partial charge in [0.05, 0.1) is 5.41 Å². The van der Waals surface area contributed by atoms with Crippen LogP contribution in [-0.4, -0.2) is 15.0 Å². The van der Waals surface area contributed by atoms with Gasteiger partial charge in [0.15, 0.2) is 17.5 Å². The molecule has 0 saturated carbocycles. The topological polar surface area (TPSA) is 51.8 Å². The van der Waals surface area contributed by atoms with Crippen molar-refractivity contribution in [3.05, 3.63) is 210 Å². The summed E-state index contributed by atoms with van der Waals surface area (Å²) in [4.78, 5) is 16.1. The third-order valence-corrected chi connectivity index (χ3v) is 12.9. The Morgan fingerprint density at radius 3 is 1.81 bits per heavy atom. The summed E-state index contributed by atoms with van der Waals surface area (Å²) in [5.74, 6) is 1.86. The van der Waals surface area contributed by atoms with Crippen LogP contribution in [0, 0.1) is 0 Å². The van der Waals surface area contributed by atoms with Gasteiger partial charge >= 0.3 is 0 Å². The Morgan fingerprint density at radius 2 is 0.982 bits per heavy atom. The molecule has 8 aromatic carbocycles. The van der Waals surface area contributed by atoms with Crippen LogP contribution in [0.2, 0.25) is 0 Å². The van der Waals surface area contributed by atoms with Crippen molar-refractivity contribution >= 4 is 53.4 Å². The van der Waals surface area contributed by atoms with E-state index in [1.54, 1.807) is 11.3 Å². The van der Waals surface area contributed by atoms with Crippen LogP contribution in [-0.2, 0) is 5.41 Å². The number of furan rings is 1. The molecule has 5 heteroatoms. The lowest BCUT2D eigenvalue weighted by Crippen LogP contribution is -2.28. The van der Waals surface area contributed by atoms with Crippen molar-refractivity contribution in [2.75, 3.05) is 0 Å². The van der Waals surface area contributed by atoms with Gasteiger partial charge in [0.2, 0.25) is 0 Å². The van der Waals surface area contributed by atoms with Crippen LogP contribution >= 0.6 is 11.3 Å². The Balaban J connectivity index is 1.15. The maximum absolute atomic E-state index is 6.37. The Morgan fingerprint density at radius 1 is 0.404 bits per heavy atom. The zero-order valence-electron chi connectivity index (χ0n) is 30.6. The van der Waals surface area contributed by atoms with Gasteiger partial charge in [-0.25, -0.2) is 15.0 Å². The smallest absolute Gasteiger partial charge is 0.165 e. The lowest BCUT2D eigenvalue weighted by Gasteiger charge is -2.33. The van der Waals surface area contributed by atoms with Gasteiger partial charge in [0, 0.05) is 47.6 Å². The molecule has 0 amide bonds. The van der Waals surface area contributed by atoms with Gasteiger partial charge in [-0.15, -0.1) is 11.3 Å². The van der Waals surface area contributed by atoms with Gasteiger partial charge in [0.25, 0.3) is 0 Å². The second-order valence-electron chi connectivity index (χ2n) is 14.7. The molecule has 0 spiro atoms. The lowest BCUT2D eigenvalue weighted by atomic mass is 9.67. The standard InChI is InChI=1S/C52H31N3OS/c1-3-15-33(16-4-1)52(34-17-5-2-6-18-34)42-25-10-7-21-39(42)47-40(23-14-26-43(47)52)50-53-49(32-29-30-36-35-19-8-11-27-44(35)56-45(36)31-32)54-51(55-50)41-24-13-22-38-37-20-9-12-28-46(37)57-48(38)41/h1-31H. The first-order valence-electron chi connectivity index (χ1n) is 19.2. The molecule has 0 saturated heterocycles. The number of fused-ring (bicyclic) bond motifs is 9. The third-order valence-electron chi connectivity index (χ3n) is 11.6. The van der Waals surface area contributed by atoms with Crippen molar-refractivity contribution in [3.8, 4) is 45.3 Å². The molecule has 0 unspecified atom stereocenters. The molecular formula is C52H31N3OS. The van der Waals surface area contributed by atoms with Crippen LogP contribution in [0.5, 0.6) is 0 Å². The molecule has 0 atom stereocenters. The van der Waals surface area contributed by atoms with Crippen molar-refractivity contribution in [2.24, 2.45) is 0 Å². The Hall–Kier alpha value is -7.21. The van der Waals surface area contributed by atoms with Crippen molar-refractivity contribution in [2.45, 2.75) is 5.41 Å². The van der Waals surface area contributed by atoms with E-state index in [4.69, 9.17) is 19.4 Å². The largest absolute Gasteiger partial charge is 0.456 e. The van der Waals surface area contributed by atoms with Gasteiger partial charge < -0.3 is 4.42 Å². The Bertz CT molecular complexity index is 3330. The highest BCUT2D eigenvalue weighted by Crippen LogP contribution is 2.58. The zero-order chi connectivity index (χ0) is 37.5. The fraction of sp³-hybridized carbons (Fsp3) is 0.0192. The highest BCUT2D eigenvalue weighted by atomic mass is 32.1. The molecule has 0 fully saturated rings. The fourth-order valence-corrected chi connectivity index (χ4v) is 10.4. The van der Waals surface area contributed by atoms with E-state index in [1.165, 1.54) is 43.3 Å². The summed E-state index contributed by atoms with van der Waals surface area (Å²) in [5.41, 5.74) is 11.1. The summed E-state index contributed by atoms with van der Waals surface area (Å²) in [5, 5.41) is 4.59. The summed E-state index contributed by atoms with van der Waals surface area (Å²) in [6.45, 7) is 0. The van der Waals surface area contributed by atoms with Crippen molar-refractivity contribution < 1.29 is 4.42 Å². The molecule has 0 radical (unpaired) electrons. The van der Waals surface area contributed by atoms with E-state index < -0.39 is 5.41 Å². The monoisotopic (exact) mass is 745 g/mol. The second kappa shape index (κ2) is 12.4. The minimum atomic E-state index is -0.544. The minimum Gasteiger partial charge on any atom is -0.456 e. The number of aromatic nitrogens is 3. The molecule has 266 valence electrons. The molecule has 11 aromatic rings. The quantitative estimate of drug-likeness (QED) is 0.176. The first-order chi connectivity index (χ1) is 28.3. The van der Waals surface area contributed by atoms with Gasteiger partial charge in [-0.1, -0.05) is 158 Å². The molecule has 3 heterocycles. The summed E-state index contributed by atoms with van der Waals surface area (Å²) in [6, 6.07) is 66.7. The van der Waals surface area contributed by atoms with Crippen molar-refractivity contribution in [3.63, 3.8) is 0 Å². The molecule has 0 aliphatic heterocycles. The molecule has 0 N–H and O–H groups in total. The fourth-order valence-electron chi connectivity index (χ4n) is 9.21. The third kappa shape index (κ3) is 4.70. The molecule has 0 bridgehead atoms. The van der Waals surface area contributed by atoms with Crippen LogP contribution in [0.3, 0.4) is 0 Å². The number of hydrogen-bond donors (Lipinski definition) is 0. The van der Waals surface area contributed by atoms with Gasteiger partial charge in [-0.3, -0.25) is 0 Å². The number of thiophene rings is 1. The maximum Gasteiger partial charge on any atom is 0.165 e. The minimum absolute atomic E-state index is 0.544. The maximum atomic E-state index is 6.37. The predicted octanol–water partition coefficient (Wildman–Crippen LogP) is 13.5. The first kappa shape index (κ1) is 32.1. The number of para-hydroxylation sites is 1. The summed E-state index contributed by atoms with van der Waals surface area (Å²) >= 11 is 1.78. The van der Waals surface area contributed by atoms with Gasteiger partial charge in [-0.05, 0) is 63.7 Å². The number of rotatable bonds is 5. The average molecular weight is 746 g/mol.